The standard InChI is InChI=1S/C10H16N2O2/c1-10(2)5-7(10)12-4-3-8(13)11-6-9(12)14/h7H,3-6H2,1-2H3,(H,11,13). The molecule has 0 radical (unpaired) electrons. The Hall–Kier alpha value is -1.06. The van der Waals surface area contributed by atoms with E-state index in [0.717, 1.165) is 6.42 Å². The van der Waals surface area contributed by atoms with E-state index in [2.05, 4.69) is 19.2 Å². The molecule has 1 N–H and O–H groups in total. The summed E-state index contributed by atoms with van der Waals surface area (Å²) in [6, 6.07) is 0.350. The third-order valence-electron chi connectivity index (χ3n) is 3.17. The van der Waals surface area contributed by atoms with Crippen LogP contribution >= 0.6 is 0 Å². The Labute approximate surface area is 83.6 Å². The molecule has 2 amide bonds. The number of carbonyl (C=O) groups excluding carboxylic acids is 2. The Kier molecular flexibility index (Phi) is 2.01. The molecular weight excluding hydrogens is 180 g/mol. The summed E-state index contributed by atoms with van der Waals surface area (Å²) < 4.78 is 0. The normalized spacial score (nSPS) is 31.0. The monoisotopic (exact) mass is 196 g/mol. The van der Waals surface area contributed by atoms with Crippen molar-refractivity contribution in [3.8, 4) is 0 Å². The van der Waals surface area contributed by atoms with E-state index in [0.29, 0.717) is 19.0 Å². The van der Waals surface area contributed by atoms with Crippen molar-refractivity contribution in [1.82, 2.24) is 10.2 Å². The smallest absolute Gasteiger partial charge is 0.242 e. The lowest BCUT2D eigenvalue weighted by Crippen LogP contribution is -2.38. The molecule has 1 saturated heterocycles. The second-order valence-electron chi connectivity index (χ2n) is 4.82. The van der Waals surface area contributed by atoms with Crippen LogP contribution in [0.5, 0.6) is 0 Å². The number of nitrogens with zero attached hydrogens (tertiary/aromatic N) is 1. The van der Waals surface area contributed by atoms with Gasteiger partial charge in [0.1, 0.15) is 0 Å². The molecular formula is C10H16N2O2. The average molecular weight is 196 g/mol. The minimum Gasteiger partial charge on any atom is -0.347 e. The van der Waals surface area contributed by atoms with Crippen molar-refractivity contribution >= 4 is 11.8 Å². The maximum Gasteiger partial charge on any atom is 0.242 e. The van der Waals surface area contributed by atoms with E-state index >= 15 is 0 Å². The molecule has 0 aromatic rings. The van der Waals surface area contributed by atoms with Gasteiger partial charge in [0.25, 0.3) is 0 Å². The van der Waals surface area contributed by atoms with Crippen molar-refractivity contribution in [2.75, 3.05) is 13.1 Å². The molecule has 4 heteroatoms. The summed E-state index contributed by atoms with van der Waals surface area (Å²) >= 11 is 0. The van der Waals surface area contributed by atoms with E-state index in [9.17, 15) is 9.59 Å². The molecule has 0 bridgehead atoms. The van der Waals surface area contributed by atoms with Crippen LogP contribution < -0.4 is 5.32 Å². The van der Waals surface area contributed by atoms with E-state index in [1.165, 1.54) is 0 Å². The molecule has 78 valence electrons. The van der Waals surface area contributed by atoms with E-state index in [-0.39, 0.29) is 23.8 Å². The van der Waals surface area contributed by atoms with Crippen molar-refractivity contribution in [3.05, 3.63) is 0 Å². The van der Waals surface area contributed by atoms with Crippen LogP contribution in [0, 0.1) is 5.41 Å². The van der Waals surface area contributed by atoms with Gasteiger partial charge in [-0.2, -0.15) is 0 Å². The average Bonchev–Trinajstić information content (AvgIpc) is 2.74. The second kappa shape index (κ2) is 2.97. The van der Waals surface area contributed by atoms with Gasteiger partial charge in [0.15, 0.2) is 0 Å². The highest BCUT2D eigenvalue weighted by Crippen LogP contribution is 2.48. The number of hydrogen-bond acceptors (Lipinski definition) is 2. The molecule has 2 fully saturated rings. The molecule has 1 saturated carbocycles. The summed E-state index contributed by atoms with van der Waals surface area (Å²) in [5, 5.41) is 2.60. The van der Waals surface area contributed by atoms with Crippen LogP contribution in [0.15, 0.2) is 0 Å². The largest absolute Gasteiger partial charge is 0.347 e. The van der Waals surface area contributed by atoms with Gasteiger partial charge in [-0.1, -0.05) is 13.8 Å². The molecule has 0 spiro atoms. The summed E-state index contributed by atoms with van der Waals surface area (Å²) in [5.41, 5.74) is 0.253. The first kappa shape index (κ1) is 9.49. The first-order valence-corrected chi connectivity index (χ1v) is 5.07. The first-order chi connectivity index (χ1) is 6.50. The number of hydrogen-bond donors (Lipinski definition) is 1. The topological polar surface area (TPSA) is 49.4 Å². The van der Waals surface area contributed by atoms with E-state index in [4.69, 9.17) is 0 Å². The zero-order chi connectivity index (χ0) is 10.3. The van der Waals surface area contributed by atoms with Gasteiger partial charge >= 0.3 is 0 Å². The van der Waals surface area contributed by atoms with E-state index in [1.807, 2.05) is 4.90 Å². The maximum atomic E-state index is 11.6. The highest BCUT2D eigenvalue weighted by molar-refractivity contribution is 5.87. The minimum atomic E-state index is -0.0145. The van der Waals surface area contributed by atoms with Crippen LogP contribution in [0.3, 0.4) is 0 Å². The van der Waals surface area contributed by atoms with Crippen LogP contribution in [0.25, 0.3) is 0 Å². The molecule has 0 aromatic carbocycles. The lowest BCUT2D eigenvalue weighted by Gasteiger charge is -2.21. The van der Waals surface area contributed by atoms with E-state index in [1.54, 1.807) is 0 Å². The first-order valence-electron chi connectivity index (χ1n) is 5.07. The second-order valence-corrected chi connectivity index (χ2v) is 4.82. The summed E-state index contributed by atoms with van der Waals surface area (Å²) in [4.78, 5) is 24.6. The Balaban J connectivity index is 2.04. The van der Waals surface area contributed by atoms with Crippen molar-refractivity contribution in [1.29, 1.82) is 0 Å². The number of nitrogens with one attached hydrogen (secondary N) is 1. The molecule has 2 aliphatic rings. The Morgan fingerprint density at radius 1 is 1.43 bits per heavy atom. The predicted molar refractivity (Wildman–Crippen MR) is 51.5 cm³/mol. The van der Waals surface area contributed by atoms with E-state index < -0.39 is 0 Å². The van der Waals surface area contributed by atoms with Crippen LogP contribution in [0.1, 0.15) is 26.7 Å². The third kappa shape index (κ3) is 1.61. The van der Waals surface area contributed by atoms with Crippen LogP contribution in [0.2, 0.25) is 0 Å². The van der Waals surface area contributed by atoms with Gasteiger partial charge in [-0.25, -0.2) is 0 Å². The van der Waals surface area contributed by atoms with Gasteiger partial charge in [-0.05, 0) is 11.8 Å². The molecule has 1 unspecified atom stereocenters. The van der Waals surface area contributed by atoms with Gasteiger partial charge in [-0.15, -0.1) is 0 Å². The summed E-state index contributed by atoms with van der Waals surface area (Å²) in [6.45, 7) is 5.07. The SMILES string of the molecule is CC1(C)CC1N1CCC(=O)NCC1=O. The van der Waals surface area contributed by atoms with Crippen molar-refractivity contribution in [3.63, 3.8) is 0 Å². The summed E-state index contributed by atoms with van der Waals surface area (Å²) in [5.74, 6) is 0.0470. The molecule has 1 heterocycles. The summed E-state index contributed by atoms with van der Waals surface area (Å²) in [7, 11) is 0. The fourth-order valence-corrected chi connectivity index (χ4v) is 2.01. The molecule has 1 aliphatic heterocycles. The van der Waals surface area contributed by atoms with Gasteiger partial charge in [0.05, 0.1) is 6.54 Å². The maximum absolute atomic E-state index is 11.6. The molecule has 4 nitrogen and oxygen atoms in total. The number of rotatable bonds is 1. The highest BCUT2D eigenvalue weighted by atomic mass is 16.2. The van der Waals surface area contributed by atoms with Crippen molar-refractivity contribution in [2.45, 2.75) is 32.7 Å². The number of carbonyl (C=O) groups is 2. The van der Waals surface area contributed by atoms with Crippen molar-refractivity contribution in [2.24, 2.45) is 5.41 Å². The van der Waals surface area contributed by atoms with Crippen LogP contribution in [0.4, 0.5) is 0 Å². The molecule has 0 aromatic heterocycles. The minimum absolute atomic E-state index is 0.0145. The molecule has 1 atom stereocenters. The summed E-state index contributed by atoms with van der Waals surface area (Å²) in [6.07, 6.45) is 1.51. The van der Waals surface area contributed by atoms with Gasteiger partial charge in [0, 0.05) is 19.0 Å². The zero-order valence-electron chi connectivity index (χ0n) is 8.67. The van der Waals surface area contributed by atoms with Crippen LogP contribution in [-0.2, 0) is 9.59 Å². The molecule has 2 rings (SSSR count). The third-order valence-corrected chi connectivity index (χ3v) is 3.17. The van der Waals surface area contributed by atoms with Gasteiger partial charge in [0.2, 0.25) is 11.8 Å². The predicted octanol–water partition coefficient (Wildman–Crippen LogP) is 0.133. The van der Waals surface area contributed by atoms with Gasteiger partial charge < -0.3 is 10.2 Å². The highest BCUT2D eigenvalue weighted by Gasteiger charge is 2.51. The molecule has 14 heavy (non-hydrogen) atoms. The Bertz CT molecular complexity index is 286. The Morgan fingerprint density at radius 3 is 2.64 bits per heavy atom. The van der Waals surface area contributed by atoms with Crippen LogP contribution in [-0.4, -0.2) is 35.8 Å². The lowest BCUT2D eigenvalue weighted by molar-refractivity contribution is -0.131. The quantitative estimate of drug-likeness (QED) is 0.648. The van der Waals surface area contributed by atoms with Gasteiger partial charge in [-0.3, -0.25) is 9.59 Å². The number of amides is 2. The zero-order valence-corrected chi connectivity index (χ0v) is 8.67. The molecule has 1 aliphatic carbocycles. The fourth-order valence-electron chi connectivity index (χ4n) is 2.01. The lowest BCUT2D eigenvalue weighted by atomic mass is 10.2. The fraction of sp³-hybridized carbons (Fsp3) is 0.800. The Morgan fingerprint density at radius 2 is 2.07 bits per heavy atom. The van der Waals surface area contributed by atoms with Crippen molar-refractivity contribution < 1.29 is 9.59 Å².